The highest BCUT2D eigenvalue weighted by Gasteiger charge is 2.26. The molecular weight excluding hydrogens is 450 g/mol. The van der Waals surface area contributed by atoms with Gasteiger partial charge in [0.05, 0.1) is 21.2 Å². The summed E-state index contributed by atoms with van der Waals surface area (Å²) in [7, 11) is -2.40. The minimum Gasteiger partial charge on any atom is -0.366 e. The maximum Gasteiger partial charge on any atom is 0.264 e. The lowest BCUT2D eigenvalue weighted by Gasteiger charge is -2.24. The molecular formula is C23H22ClN3O4S. The van der Waals surface area contributed by atoms with E-state index in [-0.39, 0.29) is 22.0 Å². The molecule has 3 aromatic rings. The largest absolute Gasteiger partial charge is 0.366 e. The van der Waals surface area contributed by atoms with E-state index in [1.165, 1.54) is 46.6 Å². The molecule has 2 amide bonds. The van der Waals surface area contributed by atoms with E-state index in [1.54, 1.807) is 49.4 Å². The predicted octanol–water partition coefficient (Wildman–Crippen LogP) is 3.93. The molecule has 9 heteroatoms. The Labute approximate surface area is 192 Å². The third-order valence-corrected chi connectivity index (χ3v) is 7.16. The number of nitrogens with zero attached hydrogens (tertiary/aromatic N) is 2. The fourth-order valence-electron chi connectivity index (χ4n) is 3.19. The second-order valence-corrected chi connectivity index (χ2v) is 9.19. The molecule has 0 radical (unpaired) electrons. The van der Waals surface area contributed by atoms with Gasteiger partial charge in [0.25, 0.3) is 15.9 Å². The van der Waals surface area contributed by atoms with Crippen LogP contribution >= 0.6 is 11.6 Å². The minimum atomic E-state index is -3.93. The molecule has 0 heterocycles. The molecule has 0 aliphatic rings. The van der Waals surface area contributed by atoms with Gasteiger partial charge in [0.15, 0.2) is 0 Å². The number of carbonyl (C=O) groups is 2. The van der Waals surface area contributed by atoms with Gasteiger partial charge < -0.3 is 10.6 Å². The zero-order valence-electron chi connectivity index (χ0n) is 17.5. The van der Waals surface area contributed by atoms with Gasteiger partial charge in [-0.3, -0.25) is 13.9 Å². The standard InChI is InChI=1S/C23H22ClN3O4S/c1-3-27(18-7-5-4-6-8-18)32(30,31)19-13-14-21(24)20(15-19)23(29)26(2)17-11-9-16(10-12-17)22(25)28/h4-15H,3H2,1-2H3,(H2,25,28). The first-order valence-corrected chi connectivity index (χ1v) is 11.5. The third-order valence-electron chi connectivity index (χ3n) is 4.93. The maximum atomic E-state index is 13.3. The van der Waals surface area contributed by atoms with Crippen molar-refractivity contribution in [3.63, 3.8) is 0 Å². The summed E-state index contributed by atoms with van der Waals surface area (Å²) in [6.07, 6.45) is 0. The van der Waals surface area contributed by atoms with Crippen LogP contribution in [0.15, 0.2) is 77.7 Å². The quantitative estimate of drug-likeness (QED) is 0.564. The second-order valence-electron chi connectivity index (χ2n) is 6.92. The van der Waals surface area contributed by atoms with Crippen molar-refractivity contribution in [2.24, 2.45) is 5.73 Å². The SMILES string of the molecule is CCN(c1ccccc1)S(=O)(=O)c1ccc(Cl)c(C(=O)N(C)c2ccc(C(N)=O)cc2)c1. The summed E-state index contributed by atoms with van der Waals surface area (Å²) in [5, 5.41) is 0.123. The number of para-hydroxylation sites is 1. The van der Waals surface area contributed by atoms with Crippen molar-refractivity contribution in [1.82, 2.24) is 0 Å². The fraction of sp³-hybridized carbons (Fsp3) is 0.130. The zero-order valence-corrected chi connectivity index (χ0v) is 19.1. The number of sulfonamides is 1. The Balaban J connectivity index is 1.97. The molecule has 166 valence electrons. The number of primary amides is 1. The van der Waals surface area contributed by atoms with Gasteiger partial charge >= 0.3 is 0 Å². The molecule has 0 aliphatic carbocycles. The topological polar surface area (TPSA) is 101 Å². The first kappa shape index (κ1) is 23.3. The van der Waals surface area contributed by atoms with E-state index < -0.39 is 21.8 Å². The monoisotopic (exact) mass is 471 g/mol. The second kappa shape index (κ2) is 9.42. The number of halogens is 1. The number of nitrogens with two attached hydrogens (primary N) is 1. The van der Waals surface area contributed by atoms with Gasteiger partial charge in [-0.15, -0.1) is 0 Å². The molecule has 0 aliphatic heterocycles. The van der Waals surface area contributed by atoms with Gasteiger partial charge in [-0.25, -0.2) is 8.42 Å². The Kier molecular flexibility index (Phi) is 6.86. The molecule has 0 spiro atoms. The molecule has 7 nitrogen and oxygen atoms in total. The molecule has 0 aromatic heterocycles. The van der Waals surface area contributed by atoms with Crippen molar-refractivity contribution < 1.29 is 18.0 Å². The van der Waals surface area contributed by atoms with Crippen LogP contribution in [-0.4, -0.2) is 33.8 Å². The van der Waals surface area contributed by atoms with Crippen LogP contribution in [0.1, 0.15) is 27.6 Å². The van der Waals surface area contributed by atoms with Gasteiger partial charge in [-0.1, -0.05) is 29.8 Å². The van der Waals surface area contributed by atoms with Crippen molar-refractivity contribution in [3.8, 4) is 0 Å². The summed E-state index contributed by atoms with van der Waals surface area (Å²) in [4.78, 5) is 25.6. The van der Waals surface area contributed by atoms with E-state index in [0.29, 0.717) is 16.9 Å². The molecule has 32 heavy (non-hydrogen) atoms. The predicted molar refractivity (Wildman–Crippen MR) is 126 cm³/mol. The lowest BCUT2D eigenvalue weighted by atomic mass is 10.1. The van der Waals surface area contributed by atoms with Crippen LogP contribution in [0, 0.1) is 0 Å². The van der Waals surface area contributed by atoms with Crippen molar-refractivity contribution in [3.05, 3.63) is 88.9 Å². The van der Waals surface area contributed by atoms with E-state index in [4.69, 9.17) is 17.3 Å². The van der Waals surface area contributed by atoms with E-state index in [0.717, 1.165) is 0 Å². The van der Waals surface area contributed by atoms with Crippen LogP contribution in [0.2, 0.25) is 5.02 Å². The summed E-state index contributed by atoms with van der Waals surface area (Å²) in [5.74, 6) is -1.08. The molecule has 0 bridgehead atoms. The van der Waals surface area contributed by atoms with E-state index in [9.17, 15) is 18.0 Å². The number of rotatable bonds is 7. The van der Waals surface area contributed by atoms with Gasteiger partial charge in [0, 0.05) is 24.8 Å². The van der Waals surface area contributed by atoms with Gasteiger partial charge in [0.2, 0.25) is 5.91 Å². The highest BCUT2D eigenvalue weighted by Crippen LogP contribution is 2.28. The summed E-state index contributed by atoms with van der Waals surface area (Å²) < 4.78 is 27.9. The number of carbonyl (C=O) groups excluding carboxylic acids is 2. The summed E-state index contributed by atoms with van der Waals surface area (Å²) in [6.45, 7) is 1.94. The lowest BCUT2D eigenvalue weighted by molar-refractivity contribution is 0.0989. The first-order valence-electron chi connectivity index (χ1n) is 9.72. The minimum absolute atomic E-state index is 0.0401. The fourth-order valence-corrected chi connectivity index (χ4v) is 4.89. The smallest absolute Gasteiger partial charge is 0.264 e. The van der Waals surface area contributed by atoms with Crippen molar-refractivity contribution in [1.29, 1.82) is 0 Å². The van der Waals surface area contributed by atoms with Crippen molar-refractivity contribution in [2.45, 2.75) is 11.8 Å². The molecule has 0 saturated heterocycles. The lowest BCUT2D eigenvalue weighted by Crippen LogP contribution is -2.31. The molecule has 0 fully saturated rings. The van der Waals surface area contributed by atoms with Crippen LogP contribution in [-0.2, 0) is 10.0 Å². The molecule has 3 rings (SSSR count). The Hall–Kier alpha value is -3.36. The highest BCUT2D eigenvalue weighted by molar-refractivity contribution is 7.92. The summed E-state index contributed by atoms with van der Waals surface area (Å²) >= 11 is 6.25. The third kappa shape index (κ3) is 4.61. The zero-order chi connectivity index (χ0) is 23.5. The Morgan fingerprint density at radius 3 is 2.12 bits per heavy atom. The van der Waals surface area contributed by atoms with E-state index in [2.05, 4.69) is 0 Å². The van der Waals surface area contributed by atoms with E-state index in [1.807, 2.05) is 0 Å². The number of hydrogen-bond donors (Lipinski definition) is 1. The molecule has 2 N–H and O–H groups in total. The average molecular weight is 472 g/mol. The summed E-state index contributed by atoms with van der Waals surface area (Å²) in [6, 6.07) is 18.9. The van der Waals surface area contributed by atoms with Crippen molar-refractivity contribution in [2.75, 3.05) is 22.8 Å². The van der Waals surface area contributed by atoms with Crippen LogP contribution in [0.5, 0.6) is 0 Å². The molecule has 0 unspecified atom stereocenters. The van der Waals surface area contributed by atoms with Crippen molar-refractivity contribution >= 4 is 44.8 Å². The first-order chi connectivity index (χ1) is 15.2. The van der Waals surface area contributed by atoms with Crippen LogP contribution in [0.3, 0.4) is 0 Å². The Morgan fingerprint density at radius 2 is 1.56 bits per heavy atom. The molecule has 0 atom stereocenters. The van der Waals surface area contributed by atoms with Gasteiger partial charge in [0.1, 0.15) is 0 Å². The number of hydrogen-bond acceptors (Lipinski definition) is 4. The number of anilines is 2. The molecule has 3 aromatic carbocycles. The number of benzene rings is 3. The van der Waals surface area contributed by atoms with Gasteiger partial charge in [-0.2, -0.15) is 0 Å². The van der Waals surface area contributed by atoms with Crippen LogP contribution < -0.4 is 14.9 Å². The summed E-state index contributed by atoms with van der Waals surface area (Å²) in [5.41, 5.74) is 6.60. The highest BCUT2D eigenvalue weighted by atomic mass is 35.5. The van der Waals surface area contributed by atoms with Crippen LogP contribution in [0.25, 0.3) is 0 Å². The normalized spacial score (nSPS) is 11.1. The van der Waals surface area contributed by atoms with Gasteiger partial charge in [-0.05, 0) is 61.5 Å². The Bertz CT molecular complexity index is 1250. The van der Waals surface area contributed by atoms with E-state index >= 15 is 0 Å². The Morgan fingerprint density at radius 1 is 0.938 bits per heavy atom. The average Bonchev–Trinajstić information content (AvgIpc) is 2.79. The molecule has 0 saturated carbocycles. The number of amides is 2. The maximum absolute atomic E-state index is 13.3. The van der Waals surface area contributed by atoms with Crippen LogP contribution in [0.4, 0.5) is 11.4 Å².